The summed E-state index contributed by atoms with van der Waals surface area (Å²) in [4.78, 5) is 4.26. The molecule has 0 spiro atoms. The van der Waals surface area contributed by atoms with Crippen LogP contribution in [0.2, 0.25) is 0 Å². The molecule has 0 aromatic heterocycles. The number of aliphatic imine (C=N–C) groups is 1. The Morgan fingerprint density at radius 1 is 1.07 bits per heavy atom. The standard InChI is InChI=1S/C5H2Br6N4/c6-4-3(12-2-14(4)10)1-13(9)5(7,8)15(4)11/h1-2H. The molecule has 10 heteroatoms. The first-order chi connectivity index (χ1) is 6.81. The van der Waals surface area contributed by atoms with Crippen molar-refractivity contribution in [3.05, 3.63) is 11.9 Å². The van der Waals surface area contributed by atoms with Crippen molar-refractivity contribution in [2.45, 2.75) is 8.05 Å². The zero-order chi connectivity index (χ0) is 11.4. The van der Waals surface area contributed by atoms with Gasteiger partial charge in [-0.2, -0.15) is 3.93 Å². The van der Waals surface area contributed by atoms with Crippen LogP contribution in [0.4, 0.5) is 0 Å². The van der Waals surface area contributed by atoms with Crippen LogP contribution in [0.15, 0.2) is 16.9 Å². The summed E-state index contributed by atoms with van der Waals surface area (Å²) in [6.07, 6.45) is 3.53. The van der Waals surface area contributed by atoms with Crippen LogP contribution in [0.5, 0.6) is 0 Å². The number of nitrogens with zero attached hydrogens (tertiary/aromatic N) is 4. The van der Waals surface area contributed by atoms with E-state index in [1.165, 1.54) is 0 Å². The van der Waals surface area contributed by atoms with Gasteiger partial charge in [0.1, 0.15) is 12.0 Å². The van der Waals surface area contributed by atoms with E-state index in [0.717, 1.165) is 5.70 Å². The number of rotatable bonds is 0. The van der Waals surface area contributed by atoms with Crippen LogP contribution in [-0.4, -0.2) is 26.2 Å². The van der Waals surface area contributed by atoms with Crippen LogP contribution >= 0.6 is 96.2 Å². The third-order valence-corrected chi connectivity index (χ3v) is 9.81. The predicted molar refractivity (Wildman–Crippen MR) is 81.1 cm³/mol. The third-order valence-electron chi connectivity index (χ3n) is 1.90. The average molecular weight is 598 g/mol. The van der Waals surface area contributed by atoms with E-state index in [0.29, 0.717) is 0 Å². The van der Waals surface area contributed by atoms with Crippen molar-refractivity contribution in [3.63, 3.8) is 0 Å². The second kappa shape index (κ2) is 4.20. The van der Waals surface area contributed by atoms with Gasteiger partial charge in [-0.05, 0) is 47.8 Å². The molecule has 1 atom stereocenters. The smallest absolute Gasteiger partial charge is 0.229 e. The average Bonchev–Trinajstić information content (AvgIpc) is 2.44. The third kappa shape index (κ3) is 1.82. The summed E-state index contributed by atoms with van der Waals surface area (Å²) in [5, 5.41) is 0. The van der Waals surface area contributed by atoms with Gasteiger partial charge < -0.3 is 0 Å². The topological polar surface area (TPSA) is 22.1 Å². The van der Waals surface area contributed by atoms with Gasteiger partial charge >= 0.3 is 0 Å². The summed E-state index contributed by atoms with van der Waals surface area (Å²) >= 11 is 20.9. The lowest BCUT2D eigenvalue weighted by Crippen LogP contribution is -2.58. The minimum Gasteiger partial charge on any atom is -0.274 e. The van der Waals surface area contributed by atoms with Crippen LogP contribution in [-0.2, 0) is 0 Å². The first-order valence-electron chi connectivity index (χ1n) is 3.51. The van der Waals surface area contributed by atoms with E-state index in [1.54, 1.807) is 14.2 Å². The maximum Gasteiger partial charge on any atom is 0.229 e. The van der Waals surface area contributed by atoms with Crippen LogP contribution in [0.3, 0.4) is 0 Å². The molecule has 0 radical (unpaired) electrons. The quantitative estimate of drug-likeness (QED) is 0.238. The number of alkyl halides is 3. The molecule has 2 aliphatic heterocycles. The van der Waals surface area contributed by atoms with Gasteiger partial charge in [0.15, 0.2) is 0 Å². The fourth-order valence-corrected chi connectivity index (χ4v) is 4.61. The number of halogens is 6. The largest absolute Gasteiger partial charge is 0.274 e. The monoisotopic (exact) mass is 592 g/mol. The van der Waals surface area contributed by atoms with Crippen LogP contribution < -0.4 is 0 Å². The Hall–Kier alpha value is 1.85. The number of fused-ring (bicyclic) bond motifs is 1. The zero-order valence-electron chi connectivity index (χ0n) is 6.71. The Morgan fingerprint density at radius 3 is 2.27 bits per heavy atom. The molecule has 0 aromatic rings. The summed E-state index contributed by atoms with van der Waals surface area (Å²) in [6.45, 7) is 0. The normalized spacial score (nSPS) is 34.4. The van der Waals surface area contributed by atoms with E-state index in [1.807, 2.05) is 10.1 Å². The second-order valence-electron chi connectivity index (χ2n) is 2.76. The molecule has 1 unspecified atom stereocenters. The van der Waals surface area contributed by atoms with E-state index in [-0.39, 0.29) is 0 Å². The van der Waals surface area contributed by atoms with E-state index in [9.17, 15) is 0 Å². The van der Waals surface area contributed by atoms with Crippen molar-refractivity contribution >= 4 is 103 Å². The highest BCUT2D eigenvalue weighted by Gasteiger charge is 2.57. The maximum atomic E-state index is 4.26. The molecule has 2 rings (SSSR count). The molecule has 84 valence electrons. The molecule has 0 bridgehead atoms. The van der Waals surface area contributed by atoms with E-state index < -0.39 is 8.05 Å². The molecule has 0 aliphatic carbocycles. The van der Waals surface area contributed by atoms with Crippen LogP contribution in [0.1, 0.15) is 0 Å². The summed E-state index contributed by atoms with van der Waals surface area (Å²) in [5.74, 6) is 0. The molecule has 4 nitrogen and oxygen atoms in total. The Kier molecular flexibility index (Phi) is 3.72. The fraction of sp³-hybridized carbons (Fsp3) is 0.400. The summed E-state index contributed by atoms with van der Waals surface area (Å²) in [5.41, 5.74) is 0.822. The van der Waals surface area contributed by atoms with Gasteiger partial charge in [0.2, 0.25) is 8.05 Å². The molecule has 15 heavy (non-hydrogen) atoms. The Morgan fingerprint density at radius 2 is 1.67 bits per heavy atom. The van der Waals surface area contributed by atoms with Crippen molar-refractivity contribution < 1.29 is 0 Å². The van der Waals surface area contributed by atoms with E-state index in [2.05, 4.69) is 101 Å². The van der Waals surface area contributed by atoms with Gasteiger partial charge in [0.25, 0.3) is 0 Å². The summed E-state index contributed by atoms with van der Waals surface area (Å²) < 4.78 is 4.13. The highest BCUT2D eigenvalue weighted by atomic mass is 79.9. The van der Waals surface area contributed by atoms with E-state index in [4.69, 9.17) is 0 Å². The minimum atomic E-state index is -0.618. The van der Waals surface area contributed by atoms with Gasteiger partial charge in [-0.15, -0.1) is 0 Å². The fourth-order valence-electron chi connectivity index (χ4n) is 1.13. The predicted octanol–water partition coefficient (Wildman–Crippen LogP) is 4.17. The Bertz CT molecular complexity index is 355. The molecule has 0 fully saturated rings. The molecular formula is C5H2Br6N4. The molecule has 0 amide bonds. The highest BCUT2D eigenvalue weighted by Crippen LogP contribution is 2.55. The molecule has 0 saturated carbocycles. The van der Waals surface area contributed by atoms with Crippen molar-refractivity contribution in [2.75, 3.05) is 0 Å². The number of hydrogen-bond acceptors (Lipinski definition) is 4. The van der Waals surface area contributed by atoms with Crippen molar-refractivity contribution in [1.82, 2.24) is 11.8 Å². The number of hydrogen-bond donors (Lipinski definition) is 0. The lowest BCUT2D eigenvalue weighted by atomic mass is 10.3. The lowest BCUT2D eigenvalue weighted by molar-refractivity contribution is 0.206. The van der Waals surface area contributed by atoms with Crippen molar-refractivity contribution in [2.24, 2.45) is 4.99 Å². The van der Waals surface area contributed by atoms with Crippen molar-refractivity contribution in [3.8, 4) is 0 Å². The SMILES string of the molecule is BrN1C=C2N=CN(Br)C2(Br)N(Br)C1(Br)Br. The van der Waals surface area contributed by atoms with Gasteiger partial charge in [0.05, 0.1) is 32.3 Å². The molecular weight excluding hydrogens is 596 g/mol. The van der Waals surface area contributed by atoms with E-state index >= 15 is 0 Å². The maximum absolute atomic E-state index is 4.26. The molecule has 0 saturated heterocycles. The van der Waals surface area contributed by atoms with Crippen LogP contribution in [0, 0.1) is 0 Å². The first-order valence-corrected chi connectivity index (χ1v) is 8.01. The van der Waals surface area contributed by atoms with Crippen molar-refractivity contribution in [1.29, 1.82) is 0 Å². The molecule has 2 heterocycles. The Labute approximate surface area is 138 Å². The minimum absolute atomic E-state index is 0.593. The summed E-state index contributed by atoms with van der Waals surface area (Å²) in [7, 11) is 0. The Balaban J connectivity index is 2.53. The molecule has 2 aliphatic rings. The molecule has 0 N–H and O–H groups in total. The summed E-state index contributed by atoms with van der Waals surface area (Å²) in [6, 6.07) is 0. The lowest BCUT2D eigenvalue weighted by Gasteiger charge is -2.48. The second-order valence-corrected chi connectivity index (χ2v) is 9.38. The highest BCUT2D eigenvalue weighted by molar-refractivity contribution is 9.26. The van der Waals surface area contributed by atoms with Gasteiger partial charge in [0, 0.05) is 22.3 Å². The van der Waals surface area contributed by atoms with Gasteiger partial charge in [-0.25, -0.2) is 4.99 Å². The first kappa shape index (κ1) is 13.3. The zero-order valence-corrected chi connectivity index (χ0v) is 16.2. The molecule has 0 aromatic carbocycles. The van der Waals surface area contributed by atoms with Crippen LogP contribution in [0.25, 0.3) is 0 Å². The van der Waals surface area contributed by atoms with Gasteiger partial charge in [-0.3, -0.25) is 7.85 Å². The van der Waals surface area contributed by atoms with Gasteiger partial charge in [-0.1, -0.05) is 0 Å².